The van der Waals surface area contributed by atoms with Gasteiger partial charge in [0.15, 0.2) is 0 Å². The van der Waals surface area contributed by atoms with Crippen LogP contribution in [0.5, 0.6) is 0 Å². The molecule has 0 aliphatic rings. The van der Waals surface area contributed by atoms with Gasteiger partial charge in [-0.25, -0.2) is 0 Å². The van der Waals surface area contributed by atoms with Crippen LogP contribution in [-0.2, 0) is 0 Å². The number of rotatable bonds is 9. The van der Waals surface area contributed by atoms with Gasteiger partial charge >= 0.3 is 0 Å². The molecule has 4 heteroatoms. The van der Waals surface area contributed by atoms with Crippen molar-refractivity contribution in [3.05, 3.63) is 267 Å². The number of benzene rings is 11. The van der Waals surface area contributed by atoms with E-state index in [1.807, 2.05) is 0 Å². The third-order valence-electron chi connectivity index (χ3n) is 13.4. The number of hydrogen-bond acceptors (Lipinski definition) is 2. The summed E-state index contributed by atoms with van der Waals surface area (Å²) in [6.45, 7) is 0. The Morgan fingerprint density at radius 2 is 0.580 bits per heavy atom. The van der Waals surface area contributed by atoms with Gasteiger partial charge in [0.1, 0.15) is 0 Å². The smallest absolute Gasteiger partial charge is 0.0542 e. The maximum Gasteiger partial charge on any atom is 0.0542 e. The monoisotopic (exact) mass is 884 g/mol. The lowest BCUT2D eigenvalue weighted by molar-refractivity contribution is 1.18. The highest BCUT2D eigenvalue weighted by atomic mass is 15.1. The third-order valence-corrected chi connectivity index (χ3v) is 13.4. The molecule has 0 spiro atoms. The maximum absolute atomic E-state index is 2.37. The molecule has 0 unspecified atom stereocenters. The van der Waals surface area contributed by atoms with Gasteiger partial charge in [-0.1, -0.05) is 147 Å². The Balaban J connectivity index is 0.00000492. The molecule has 2 heterocycles. The third kappa shape index (κ3) is 7.18. The second-order valence-electron chi connectivity index (χ2n) is 17.4. The number of fused-ring (bicyclic) bond motifs is 7. The molecule has 0 N–H and O–H groups in total. The van der Waals surface area contributed by atoms with Crippen LogP contribution in [-0.4, -0.2) is 9.13 Å². The first kappa shape index (κ1) is 41.3. The van der Waals surface area contributed by atoms with Crippen molar-refractivity contribution in [2.24, 2.45) is 0 Å². The van der Waals surface area contributed by atoms with Crippen LogP contribution >= 0.6 is 0 Å². The predicted octanol–water partition coefficient (Wildman–Crippen LogP) is 18.3. The average Bonchev–Trinajstić information content (AvgIpc) is 3.92. The van der Waals surface area contributed by atoms with Gasteiger partial charge in [0.2, 0.25) is 0 Å². The van der Waals surface area contributed by atoms with Crippen LogP contribution in [0.2, 0.25) is 0 Å². The van der Waals surface area contributed by atoms with E-state index >= 15 is 0 Å². The minimum Gasteiger partial charge on any atom is -0.310 e. The highest BCUT2D eigenvalue weighted by molar-refractivity contribution is 6.12. The Morgan fingerprint density at radius 1 is 0.232 bits per heavy atom. The standard InChI is InChI=1S/C64H44N4.CH4/c1-5-17-49(18-6-1)65(55-37-39-63-59(43-55)57-25-13-15-27-61(57)67(63)51-21-9-3-10-22-51)53-34-31-45(32-35-53)46-29-30-48-42-54(36-33-47(48)41-46)66(50-19-7-2-8-20-50)56-38-40-64-60(44-56)58-26-14-16-28-62(58)68(64)52-23-11-4-12-24-52;/h1-44H;1H4. The number of hydrogen-bond donors (Lipinski definition) is 0. The van der Waals surface area contributed by atoms with Crippen LogP contribution < -0.4 is 9.80 Å². The molecule has 0 bridgehead atoms. The second-order valence-corrected chi connectivity index (χ2v) is 17.4. The molecule has 0 radical (unpaired) electrons. The largest absolute Gasteiger partial charge is 0.310 e. The summed E-state index contributed by atoms with van der Waals surface area (Å²) in [6.07, 6.45) is 0. The van der Waals surface area contributed by atoms with Gasteiger partial charge in [0, 0.05) is 67.0 Å². The van der Waals surface area contributed by atoms with Crippen molar-refractivity contribution in [2.75, 3.05) is 9.80 Å². The van der Waals surface area contributed by atoms with Gasteiger partial charge < -0.3 is 18.9 Å². The number of nitrogens with zero attached hydrogens (tertiary/aromatic N) is 4. The van der Waals surface area contributed by atoms with Gasteiger partial charge in [0.25, 0.3) is 0 Å². The van der Waals surface area contributed by atoms with Crippen LogP contribution in [0, 0.1) is 0 Å². The van der Waals surface area contributed by atoms with E-state index in [1.165, 1.54) is 65.5 Å². The number of anilines is 6. The van der Waals surface area contributed by atoms with Crippen molar-refractivity contribution < 1.29 is 0 Å². The summed E-state index contributed by atoms with van der Waals surface area (Å²) in [5, 5.41) is 7.29. The topological polar surface area (TPSA) is 16.3 Å². The molecule has 328 valence electrons. The van der Waals surface area contributed by atoms with Crippen LogP contribution in [0.1, 0.15) is 7.43 Å². The Morgan fingerprint density at radius 3 is 1.10 bits per heavy atom. The summed E-state index contributed by atoms with van der Waals surface area (Å²) >= 11 is 0. The second kappa shape index (κ2) is 17.3. The summed E-state index contributed by atoms with van der Waals surface area (Å²) in [7, 11) is 0. The molecule has 0 amide bonds. The molecule has 2 aromatic heterocycles. The molecule has 69 heavy (non-hydrogen) atoms. The lowest BCUT2D eigenvalue weighted by atomic mass is 10.00. The van der Waals surface area contributed by atoms with Crippen molar-refractivity contribution in [2.45, 2.75) is 7.43 Å². The zero-order valence-corrected chi connectivity index (χ0v) is 37.2. The first-order valence-electron chi connectivity index (χ1n) is 23.3. The molecular formula is C65H48N4. The van der Waals surface area contributed by atoms with Crippen molar-refractivity contribution >= 4 is 88.5 Å². The summed E-state index contributed by atoms with van der Waals surface area (Å²) in [4.78, 5) is 4.73. The lowest BCUT2D eigenvalue weighted by Crippen LogP contribution is -2.09. The maximum atomic E-state index is 2.37. The van der Waals surface area contributed by atoms with E-state index < -0.39 is 0 Å². The summed E-state index contributed by atoms with van der Waals surface area (Å²) in [6, 6.07) is 96.5. The SMILES string of the molecule is C.c1ccc(N(c2ccc(-c3ccc4cc(N(c5ccccc5)c5ccc6c(c5)c5ccccc5n6-c5ccccc5)ccc4c3)cc2)c2ccc3c(c2)c2ccccc2n3-c2ccccc2)cc1. The first-order valence-corrected chi connectivity index (χ1v) is 23.3. The van der Waals surface area contributed by atoms with Crippen LogP contribution in [0.4, 0.5) is 34.1 Å². The molecule has 0 aliphatic heterocycles. The van der Waals surface area contributed by atoms with Gasteiger partial charge in [-0.3, -0.25) is 0 Å². The van der Waals surface area contributed by atoms with Crippen molar-refractivity contribution in [3.8, 4) is 22.5 Å². The highest BCUT2D eigenvalue weighted by Gasteiger charge is 2.20. The highest BCUT2D eigenvalue weighted by Crippen LogP contribution is 2.43. The van der Waals surface area contributed by atoms with Crippen LogP contribution in [0.25, 0.3) is 76.9 Å². The fraction of sp³-hybridized carbons (Fsp3) is 0.0154. The van der Waals surface area contributed by atoms with E-state index in [-0.39, 0.29) is 7.43 Å². The number of para-hydroxylation sites is 6. The average molecular weight is 885 g/mol. The quantitative estimate of drug-likeness (QED) is 0.144. The van der Waals surface area contributed by atoms with Gasteiger partial charge in [-0.15, -0.1) is 0 Å². The summed E-state index contributed by atoms with van der Waals surface area (Å²) < 4.78 is 4.74. The summed E-state index contributed by atoms with van der Waals surface area (Å²) in [5.41, 5.74) is 16.1. The van der Waals surface area contributed by atoms with Gasteiger partial charge in [-0.05, 0) is 149 Å². The fourth-order valence-corrected chi connectivity index (χ4v) is 10.3. The molecule has 4 nitrogen and oxygen atoms in total. The Bertz CT molecular complexity index is 3950. The van der Waals surface area contributed by atoms with E-state index in [0.717, 1.165) is 45.5 Å². The van der Waals surface area contributed by atoms with E-state index in [1.54, 1.807) is 0 Å². The molecule has 0 atom stereocenters. The molecule has 0 saturated heterocycles. The van der Waals surface area contributed by atoms with Crippen molar-refractivity contribution in [3.63, 3.8) is 0 Å². The first-order chi connectivity index (χ1) is 33.7. The Hall–Kier alpha value is -9.12. The molecule has 13 aromatic rings. The Labute approximate surface area is 402 Å². The van der Waals surface area contributed by atoms with E-state index in [9.17, 15) is 0 Å². The van der Waals surface area contributed by atoms with E-state index in [0.29, 0.717) is 0 Å². The predicted molar refractivity (Wildman–Crippen MR) is 294 cm³/mol. The van der Waals surface area contributed by atoms with Crippen molar-refractivity contribution in [1.82, 2.24) is 9.13 Å². The summed E-state index contributed by atoms with van der Waals surface area (Å²) in [5.74, 6) is 0. The molecule has 11 aromatic carbocycles. The molecule has 0 aliphatic carbocycles. The molecular weight excluding hydrogens is 837 g/mol. The minimum atomic E-state index is 0. The normalized spacial score (nSPS) is 11.4. The zero-order valence-electron chi connectivity index (χ0n) is 37.2. The van der Waals surface area contributed by atoms with Crippen LogP contribution in [0.15, 0.2) is 267 Å². The molecule has 0 saturated carbocycles. The van der Waals surface area contributed by atoms with Crippen molar-refractivity contribution in [1.29, 1.82) is 0 Å². The van der Waals surface area contributed by atoms with E-state index in [2.05, 4.69) is 286 Å². The zero-order chi connectivity index (χ0) is 45.0. The fourth-order valence-electron chi connectivity index (χ4n) is 10.3. The Kier molecular flexibility index (Phi) is 10.3. The lowest BCUT2D eigenvalue weighted by Gasteiger charge is -2.26. The minimum absolute atomic E-state index is 0. The van der Waals surface area contributed by atoms with Gasteiger partial charge in [-0.2, -0.15) is 0 Å². The molecule has 13 rings (SSSR count). The van der Waals surface area contributed by atoms with Crippen LogP contribution in [0.3, 0.4) is 0 Å². The van der Waals surface area contributed by atoms with E-state index in [4.69, 9.17) is 0 Å². The number of aromatic nitrogens is 2. The molecule has 0 fully saturated rings. The van der Waals surface area contributed by atoms with Gasteiger partial charge in [0.05, 0.1) is 22.1 Å².